The van der Waals surface area contributed by atoms with Crippen molar-refractivity contribution in [3.8, 4) is 0 Å². The SMILES string of the molecule is O=S(=O)(c1cccc(F)c1)N1CCCSCC1CN1CCCCC1. The van der Waals surface area contributed by atoms with Crippen molar-refractivity contribution < 1.29 is 12.8 Å². The highest BCUT2D eigenvalue weighted by molar-refractivity contribution is 7.99. The number of benzene rings is 1. The lowest BCUT2D eigenvalue weighted by Crippen LogP contribution is -2.49. The smallest absolute Gasteiger partial charge is 0.243 e. The Morgan fingerprint density at radius 2 is 1.92 bits per heavy atom. The van der Waals surface area contributed by atoms with Crippen molar-refractivity contribution in [2.24, 2.45) is 0 Å². The Labute approximate surface area is 148 Å². The molecule has 1 unspecified atom stereocenters. The number of hydrogen-bond donors (Lipinski definition) is 0. The number of halogens is 1. The van der Waals surface area contributed by atoms with Crippen LogP contribution >= 0.6 is 11.8 Å². The number of likely N-dealkylation sites (tertiary alicyclic amines) is 1. The van der Waals surface area contributed by atoms with Gasteiger partial charge in [-0.15, -0.1) is 0 Å². The zero-order chi connectivity index (χ0) is 17.0. The van der Waals surface area contributed by atoms with Crippen molar-refractivity contribution in [1.29, 1.82) is 0 Å². The number of piperidine rings is 1. The molecule has 2 aliphatic heterocycles. The summed E-state index contributed by atoms with van der Waals surface area (Å²) < 4.78 is 41.3. The van der Waals surface area contributed by atoms with Gasteiger partial charge in [0.25, 0.3) is 0 Å². The summed E-state index contributed by atoms with van der Waals surface area (Å²) in [6, 6.07) is 5.33. The first kappa shape index (κ1) is 18.2. The van der Waals surface area contributed by atoms with Gasteiger partial charge in [-0.25, -0.2) is 12.8 Å². The Morgan fingerprint density at radius 1 is 1.12 bits per heavy atom. The van der Waals surface area contributed by atoms with Crippen LogP contribution in [0.5, 0.6) is 0 Å². The summed E-state index contributed by atoms with van der Waals surface area (Å²) in [5.41, 5.74) is 0. The number of hydrogen-bond acceptors (Lipinski definition) is 4. The summed E-state index contributed by atoms with van der Waals surface area (Å²) >= 11 is 1.82. The molecule has 0 radical (unpaired) electrons. The van der Waals surface area contributed by atoms with Crippen molar-refractivity contribution >= 4 is 21.8 Å². The molecule has 2 heterocycles. The van der Waals surface area contributed by atoms with Gasteiger partial charge in [0.2, 0.25) is 10.0 Å². The molecule has 134 valence electrons. The highest BCUT2D eigenvalue weighted by Crippen LogP contribution is 2.26. The third-order valence-corrected chi connectivity index (χ3v) is 7.85. The second kappa shape index (κ2) is 8.17. The average Bonchev–Trinajstić information content (AvgIpc) is 2.82. The molecule has 2 aliphatic rings. The third-order valence-electron chi connectivity index (χ3n) is 4.70. The van der Waals surface area contributed by atoms with Gasteiger partial charge in [-0.1, -0.05) is 12.5 Å². The van der Waals surface area contributed by atoms with Gasteiger partial charge in [0.1, 0.15) is 5.82 Å². The highest BCUT2D eigenvalue weighted by Gasteiger charge is 2.34. The number of sulfonamides is 1. The van der Waals surface area contributed by atoms with E-state index in [0.717, 1.165) is 43.6 Å². The van der Waals surface area contributed by atoms with Gasteiger partial charge < -0.3 is 4.90 Å². The van der Waals surface area contributed by atoms with E-state index in [-0.39, 0.29) is 10.9 Å². The van der Waals surface area contributed by atoms with Crippen molar-refractivity contribution in [3.05, 3.63) is 30.1 Å². The second-order valence-electron chi connectivity index (χ2n) is 6.52. The molecule has 1 aromatic carbocycles. The zero-order valence-electron chi connectivity index (χ0n) is 13.9. The Balaban J connectivity index is 1.83. The third kappa shape index (κ3) is 4.31. The topological polar surface area (TPSA) is 40.6 Å². The van der Waals surface area contributed by atoms with Gasteiger partial charge >= 0.3 is 0 Å². The van der Waals surface area contributed by atoms with Crippen LogP contribution in [0.15, 0.2) is 29.2 Å². The van der Waals surface area contributed by atoms with Crippen LogP contribution in [0.25, 0.3) is 0 Å². The molecule has 1 atom stereocenters. The molecular weight excluding hydrogens is 347 g/mol. The van der Waals surface area contributed by atoms with Gasteiger partial charge in [-0.2, -0.15) is 16.1 Å². The summed E-state index contributed by atoms with van der Waals surface area (Å²) in [4.78, 5) is 2.45. The molecule has 0 aromatic heterocycles. The summed E-state index contributed by atoms with van der Waals surface area (Å²) in [5, 5.41) is 0. The molecule has 0 N–H and O–H groups in total. The van der Waals surface area contributed by atoms with Gasteiger partial charge in [-0.05, 0) is 56.3 Å². The lowest BCUT2D eigenvalue weighted by atomic mass is 10.1. The summed E-state index contributed by atoms with van der Waals surface area (Å²) in [6.07, 6.45) is 4.49. The Morgan fingerprint density at radius 3 is 2.67 bits per heavy atom. The molecule has 1 aromatic rings. The number of nitrogens with zero attached hydrogens (tertiary/aromatic N) is 2. The minimum absolute atomic E-state index is 0.0381. The Bertz CT molecular complexity index is 648. The predicted octanol–water partition coefficient (Wildman–Crippen LogP) is 2.81. The van der Waals surface area contributed by atoms with Gasteiger partial charge in [0.05, 0.1) is 4.90 Å². The van der Waals surface area contributed by atoms with E-state index in [1.165, 1.54) is 37.5 Å². The average molecular weight is 373 g/mol. The molecule has 0 saturated carbocycles. The standard InChI is InChI=1S/C17H25FN2O2S2/c18-15-6-4-7-17(12-15)24(21,22)20-10-5-11-23-14-16(20)13-19-8-2-1-3-9-19/h4,6-7,12,16H,1-3,5,8-11,13-14H2. The van der Waals surface area contributed by atoms with E-state index >= 15 is 0 Å². The van der Waals surface area contributed by atoms with Crippen LogP contribution in [-0.4, -0.2) is 61.3 Å². The first-order chi connectivity index (χ1) is 11.6. The molecule has 0 aliphatic carbocycles. The largest absolute Gasteiger partial charge is 0.302 e. The van der Waals surface area contributed by atoms with E-state index in [4.69, 9.17) is 0 Å². The summed E-state index contributed by atoms with van der Waals surface area (Å²) in [7, 11) is -3.65. The molecule has 0 spiro atoms. The van der Waals surface area contributed by atoms with Crippen LogP contribution in [0.4, 0.5) is 4.39 Å². The predicted molar refractivity (Wildman–Crippen MR) is 96.3 cm³/mol. The maximum absolute atomic E-state index is 13.5. The molecule has 0 amide bonds. The fourth-order valence-electron chi connectivity index (χ4n) is 3.47. The molecule has 3 rings (SSSR count). The quantitative estimate of drug-likeness (QED) is 0.815. The molecule has 24 heavy (non-hydrogen) atoms. The minimum Gasteiger partial charge on any atom is -0.302 e. The van der Waals surface area contributed by atoms with E-state index in [1.54, 1.807) is 4.31 Å². The number of rotatable bonds is 4. The molecule has 2 saturated heterocycles. The molecule has 7 heteroatoms. The zero-order valence-corrected chi connectivity index (χ0v) is 15.5. The monoisotopic (exact) mass is 372 g/mol. The summed E-state index contributed by atoms with van der Waals surface area (Å²) in [5.74, 6) is 1.28. The van der Waals surface area contributed by atoms with Crippen molar-refractivity contribution in [2.45, 2.75) is 36.6 Å². The Hall–Kier alpha value is -0.630. The first-order valence-electron chi connectivity index (χ1n) is 8.65. The number of thioether (sulfide) groups is 1. The maximum Gasteiger partial charge on any atom is 0.243 e. The van der Waals surface area contributed by atoms with Gasteiger partial charge in [0, 0.05) is 24.9 Å². The van der Waals surface area contributed by atoms with Gasteiger partial charge in [0.15, 0.2) is 0 Å². The highest BCUT2D eigenvalue weighted by atomic mass is 32.2. The van der Waals surface area contributed by atoms with Crippen LogP contribution in [0.3, 0.4) is 0 Å². The van der Waals surface area contributed by atoms with Crippen molar-refractivity contribution in [3.63, 3.8) is 0 Å². The first-order valence-corrected chi connectivity index (χ1v) is 11.2. The van der Waals surface area contributed by atoms with E-state index in [0.29, 0.717) is 6.54 Å². The van der Waals surface area contributed by atoms with Crippen LogP contribution < -0.4 is 0 Å². The second-order valence-corrected chi connectivity index (χ2v) is 9.56. The van der Waals surface area contributed by atoms with Crippen LogP contribution in [-0.2, 0) is 10.0 Å². The van der Waals surface area contributed by atoms with Crippen LogP contribution in [0, 0.1) is 5.82 Å². The van der Waals surface area contributed by atoms with Crippen molar-refractivity contribution in [2.75, 3.05) is 37.7 Å². The summed E-state index contributed by atoms with van der Waals surface area (Å²) in [6.45, 7) is 3.40. The van der Waals surface area contributed by atoms with E-state index < -0.39 is 15.8 Å². The van der Waals surface area contributed by atoms with Crippen LogP contribution in [0.1, 0.15) is 25.7 Å². The molecule has 4 nitrogen and oxygen atoms in total. The minimum atomic E-state index is -3.65. The lowest BCUT2D eigenvalue weighted by molar-refractivity contribution is 0.183. The van der Waals surface area contributed by atoms with Crippen molar-refractivity contribution in [1.82, 2.24) is 9.21 Å². The van der Waals surface area contributed by atoms with Gasteiger partial charge in [-0.3, -0.25) is 0 Å². The molecule has 0 bridgehead atoms. The lowest BCUT2D eigenvalue weighted by Gasteiger charge is -2.35. The van der Waals surface area contributed by atoms with E-state index in [1.807, 2.05) is 11.8 Å². The van der Waals surface area contributed by atoms with Crippen LogP contribution in [0.2, 0.25) is 0 Å². The maximum atomic E-state index is 13.5. The van der Waals surface area contributed by atoms with E-state index in [9.17, 15) is 12.8 Å². The fraction of sp³-hybridized carbons (Fsp3) is 0.647. The molecular formula is C17H25FN2O2S2. The molecule has 2 fully saturated rings. The van der Waals surface area contributed by atoms with E-state index in [2.05, 4.69) is 4.90 Å². The Kier molecular flexibility index (Phi) is 6.18. The normalized spacial score (nSPS) is 24.6. The fourth-order valence-corrected chi connectivity index (χ4v) is 6.31.